The highest BCUT2D eigenvalue weighted by atomic mass is 35.5. The number of allylic oxidation sites excluding steroid dienone is 1. The molecule has 1 aromatic carbocycles. The zero-order valence-corrected chi connectivity index (χ0v) is 18.7. The van der Waals surface area contributed by atoms with Crippen molar-refractivity contribution in [2.45, 2.75) is 19.0 Å². The number of pyridine rings is 2. The Balaban J connectivity index is 1.65. The first-order valence-electron chi connectivity index (χ1n) is 10.4. The number of halogens is 4. The molecule has 3 aromatic rings. The molecule has 1 fully saturated rings. The van der Waals surface area contributed by atoms with E-state index >= 15 is 0 Å². The van der Waals surface area contributed by atoms with Gasteiger partial charge in [0.2, 0.25) is 5.91 Å². The highest BCUT2D eigenvalue weighted by Crippen LogP contribution is 2.33. The van der Waals surface area contributed by atoms with Crippen LogP contribution in [-0.2, 0) is 9.59 Å². The van der Waals surface area contributed by atoms with Crippen LogP contribution in [0.3, 0.4) is 0 Å². The molecule has 2 amide bonds. The Morgan fingerprint density at radius 2 is 1.94 bits per heavy atom. The van der Waals surface area contributed by atoms with E-state index < -0.39 is 23.4 Å². The minimum absolute atomic E-state index is 0.00287. The van der Waals surface area contributed by atoms with E-state index in [0.29, 0.717) is 36.4 Å². The molecule has 0 unspecified atom stereocenters. The van der Waals surface area contributed by atoms with Crippen molar-refractivity contribution in [1.29, 1.82) is 5.41 Å². The first kappa shape index (κ1) is 24.1. The molecule has 0 spiro atoms. The van der Waals surface area contributed by atoms with E-state index in [0.717, 1.165) is 0 Å². The van der Waals surface area contributed by atoms with Crippen LogP contribution < -0.4 is 15.5 Å². The summed E-state index contributed by atoms with van der Waals surface area (Å²) < 4.78 is 41.9. The smallest absolute Gasteiger partial charge is 0.349 e. The molecule has 2 aromatic heterocycles. The first-order valence-corrected chi connectivity index (χ1v) is 10.8. The largest absolute Gasteiger partial charge is 0.432 e. The van der Waals surface area contributed by atoms with Gasteiger partial charge in [-0.25, -0.2) is 4.98 Å². The number of benzene rings is 1. The third-order valence-electron chi connectivity index (χ3n) is 5.28. The fourth-order valence-corrected chi connectivity index (χ4v) is 3.93. The summed E-state index contributed by atoms with van der Waals surface area (Å²) in [6.45, 7) is 0.446. The van der Waals surface area contributed by atoms with Gasteiger partial charge in [0.05, 0.1) is 34.4 Å². The summed E-state index contributed by atoms with van der Waals surface area (Å²) in [5.74, 6) is -1.14. The average Bonchev–Trinajstić information content (AvgIpc) is 3.24. The molecule has 0 saturated carbocycles. The van der Waals surface area contributed by atoms with Crippen LogP contribution in [0.2, 0.25) is 5.02 Å². The number of nitrogens with one attached hydrogen (secondary N) is 3. The Morgan fingerprint density at radius 3 is 2.60 bits per heavy atom. The summed E-state index contributed by atoms with van der Waals surface area (Å²) in [6.07, 6.45) is 0.230. The lowest BCUT2D eigenvalue weighted by molar-refractivity contribution is -0.117. The topological polar surface area (TPSA) is 111 Å². The van der Waals surface area contributed by atoms with Gasteiger partial charge in [0, 0.05) is 36.1 Å². The Labute approximate surface area is 202 Å². The van der Waals surface area contributed by atoms with Crippen LogP contribution in [0.25, 0.3) is 10.8 Å². The summed E-state index contributed by atoms with van der Waals surface area (Å²) in [5, 5.41) is 13.1. The number of rotatable bonds is 6. The van der Waals surface area contributed by atoms with E-state index in [1.807, 2.05) is 0 Å². The molecule has 12 heteroatoms. The summed E-state index contributed by atoms with van der Waals surface area (Å²) in [5.41, 5.74) is -2.36. The Hall–Kier alpha value is -3.99. The Bertz CT molecular complexity index is 1350. The number of alkyl halides is 3. The van der Waals surface area contributed by atoms with Crippen LogP contribution >= 0.6 is 11.6 Å². The lowest BCUT2D eigenvalue weighted by atomic mass is 10.1. The van der Waals surface area contributed by atoms with Gasteiger partial charge in [0.25, 0.3) is 5.91 Å². The number of hydrogen-bond acceptors (Lipinski definition) is 6. The third kappa shape index (κ3) is 5.09. The number of hydrogen-bond donors (Lipinski definition) is 3. The number of carbonyl (C=O) groups excluding carboxylic acids is 2. The van der Waals surface area contributed by atoms with E-state index in [1.165, 1.54) is 29.6 Å². The summed E-state index contributed by atoms with van der Waals surface area (Å²) in [7, 11) is 0. The second-order valence-electron chi connectivity index (χ2n) is 7.60. The minimum Gasteiger partial charge on any atom is -0.349 e. The standard InChI is InChI=1S/C23H18ClF3N6O2/c24-17-8-14(11-30-21(17)33-7-3-6-19(33)34)31-22(35)16(9-28)20(23(25,26)27)32-18-12-29-10-13-4-1-2-5-15(13)18/h1-2,4-5,8-12,28,32H,3,6-7H2,(H,31,35)/b20-16+,28-9?. The normalized spacial score (nSPS) is 14.6. The summed E-state index contributed by atoms with van der Waals surface area (Å²) >= 11 is 6.21. The van der Waals surface area contributed by atoms with Crippen molar-refractivity contribution in [3.05, 3.63) is 65.2 Å². The molecule has 1 aliphatic heterocycles. The van der Waals surface area contributed by atoms with Crippen LogP contribution in [-0.4, -0.2) is 40.7 Å². The van der Waals surface area contributed by atoms with Gasteiger partial charge in [-0.15, -0.1) is 0 Å². The maximum atomic E-state index is 14.0. The SMILES string of the molecule is N=C/C(C(=O)Nc1cnc(N2CCCC2=O)c(Cl)c1)=C(\Nc1cncc2ccccc12)C(F)(F)F. The number of amides is 2. The number of fused-ring (bicyclic) bond motifs is 1. The van der Waals surface area contributed by atoms with Gasteiger partial charge in [-0.2, -0.15) is 13.2 Å². The number of nitrogens with zero attached hydrogens (tertiary/aromatic N) is 3. The van der Waals surface area contributed by atoms with Crippen molar-refractivity contribution in [2.24, 2.45) is 0 Å². The predicted molar refractivity (Wildman–Crippen MR) is 127 cm³/mol. The first-order chi connectivity index (χ1) is 16.7. The van der Waals surface area contributed by atoms with Gasteiger partial charge < -0.3 is 16.0 Å². The maximum absolute atomic E-state index is 14.0. The highest BCUT2D eigenvalue weighted by molar-refractivity contribution is 6.34. The van der Waals surface area contributed by atoms with Gasteiger partial charge in [-0.1, -0.05) is 35.9 Å². The fourth-order valence-electron chi connectivity index (χ4n) is 3.66. The summed E-state index contributed by atoms with van der Waals surface area (Å²) in [6, 6.07) is 7.95. The average molecular weight is 503 g/mol. The van der Waals surface area contributed by atoms with Gasteiger partial charge in [0.15, 0.2) is 5.82 Å². The van der Waals surface area contributed by atoms with Gasteiger partial charge in [0.1, 0.15) is 5.70 Å². The van der Waals surface area contributed by atoms with Crippen LogP contribution in [0, 0.1) is 5.41 Å². The third-order valence-corrected chi connectivity index (χ3v) is 5.56. The quantitative estimate of drug-likeness (QED) is 0.327. The number of aromatic nitrogens is 2. The van der Waals surface area contributed by atoms with Gasteiger partial charge in [-0.3, -0.25) is 19.5 Å². The predicted octanol–water partition coefficient (Wildman–Crippen LogP) is 4.93. The molecule has 8 nitrogen and oxygen atoms in total. The molecule has 180 valence electrons. The van der Waals surface area contributed by atoms with Crippen LogP contribution in [0.4, 0.5) is 30.4 Å². The molecule has 3 heterocycles. The van der Waals surface area contributed by atoms with Crippen molar-refractivity contribution in [2.75, 3.05) is 22.1 Å². The van der Waals surface area contributed by atoms with E-state index in [9.17, 15) is 22.8 Å². The molecule has 1 saturated heterocycles. The van der Waals surface area contributed by atoms with E-state index in [4.69, 9.17) is 17.0 Å². The van der Waals surface area contributed by atoms with Gasteiger partial charge in [-0.05, 0) is 12.5 Å². The van der Waals surface area contributed by atoms with Gasteiger partial charge >= 0.3 is 6.18 Å². The van der Waals surface area contributed by atoms with Crippen LogP contribution in [0.5, 0.6) is 0 Å². The number of anilines is 3. The zero-order valence-electron chi connectivity index (χ0n) is 18.0. The molecule has 3 N–H and O–H groups in total. The highest BCUT2D eigenvalue weighted by Gasteiger charge is 2.38. The lowest BCUT2D eigenvalue weighted by Gasteiger charge is -2.19. The number of carbonyl (C=O) groups is 2. The summed E-state index contributed by atoms with van der Waals surface area (Å²) in [4.78, 5) is 34.1. The molecule has 0 bridgehead atoms. The Kier molecular flexibility index (Phi) is 6.70. The molecule has 0 aliphatic carbocycles. The molecule has 0 atom stereocenters. The van der Waals surface area contributed by atoms with E-state index in [2.05, 4.69) is 20.6 Å². The molecular formula is C23H18ClF3N6O2. The fraction of sp³-hybridized carbons (Fsp3) is 0.174. The zero-order chi connectivity index (χ0) is 25.2. The molecule has 35 heavy (non-hydrogen) atoms. The lowest BCUT2D eigenvalue weighted by Crippen LogP contribution is -2.28. The second kappa shape index (κ2) is 9.71. The van der Waals surface area contributed by atoms with E-state index in [1.54, 1.807) is 24.3 Å². The van der Waals surface area contributed by atoms with Crippen molar-refractivity contribution >= 4 is 57.6 Å². The minimum atomic E-state index is -4.99. The van der Waals surface area contributed by atoms with Crippen molar-refractivity contribution < 1.29 is 22.8 Å². The van der Waals surface area contributed by atoms with Crippen molar-refractivity contribution in [3.63, 3.8) is 0 Å². The monoisotopic (exact) mass is 502 g/mol. The maximum Gasteiger partial charge on any atom is 0.432 e. The van der Waals surface area contributed by atoms with Crippen LogP contribution in [0.15, 0.2) is 60.2 Å². The van der Waals surface area contributed by atoms with E-state index in [-0.39, 0.29) is 28.1 Å². The molecular weight excluding hydrogens is 485 g/mol. The van der Waals surface area contributed by atoms with Crippen molar-refractivity contribution in [3.8, 4) is 0 Å². The second-order valence-corrected chi connectivity index (χ2v) is 8.00. The molecule has 4 rings (SSSR count). The van der Waals surface area contributed by atoms with Crippen molar-refractivity contribution in [1.82, 2.24) is 9.97 Å². The molecule has 1 aliphatic rings. The van der Waals surface area contributed by atoms with Crippen LogP contribution in [0.1, 0.15) is 12.8 Å². The molecule has 0 radical (unpaired) electrons. The Morgan fingerprint density at radius 1 is 1.17 bits per heavy atom.